The highest BCUT2D eigenvalue weighted by Crippen LogP contribution is 2.38. The first kappa shape index (κ1) is 17.1. The molecule has 1 aromatic carbocycles. The Labute approximate surface area is 161 Å². The van der Waals surface area contributed by atoms with Gasteiger partial charge in [0.25, 0.3) is 5.56 Å². The Morgan fingerprint density at radius 2 is 2.04 bits per heavy atom. The fourth-order valence-electron chi connectivity index (χ4n) is 4.26. The van der Waals surface area contributed by atoms with E-state index in [4.69, 9.17) is 9.72 Å². The summed E-state index contributed by atoms with van der Waals surface area (Å²) in [7, 11) is 0. The maximum absolute atomic E-state index is 13.1. The zero-order valence-electron chi connectivity index (χ0n) is 15.8. The maximum atomic E-state index is 13.1. The number of rotatable bonds is 2. The van der Waals surface area contributed by atoms with Crippen LogP contribution in [0.4, 0.5) is 0 Å². The summed E-state index contributed by atoms with van der Waals surface area (Å²) in [4.78, 5) is 30.1. The molecule has 0 radical (unpaired) electrons. The van der Waals surface area contributed by atoms with E-state index in [9.17, 15) is 14.7 Å². The van der Waals surface area contributed by atoms with Gasteiger partial charge >= 0.3 is 5.97 Å². The molecule has 0 aliphatic carbocycles. The first-order valence-corrected chi connectivity index (χ1v) is 9.56. The van der Waals surface area contributed by atoms with Crippen molar-refractivity contribution < 1.29 is 14.6 Å². The molecule has 1 atom stereocenters. The van der Waals surface area contributed by atoms with Crippen molar-refractivity contribution in [3.63, 3.8) is 0 Å². The molecule has 0 amide bonds. The van der Waals surface area contributed by atoms with Gasteiger partial charge in [0.1, 0.15) is 6.61 Å². The van der Waals surface area contributed by atoms with E-state index in [1.54, 1.807) is 17.6 Å². The Bertz CT molecular complexity index is 1230. The number of carbonyl (C=O) groups excluding carboxylic acids is 1. The summed E-state index contributed by atoms with van der Waals surface area (Å²) in [6.07, 6.45) is 1.09. The number of nitrogens with zero attached hydrogens (tertiary/aromatic N) is 2. The Morgan fingerprint density at radius 3 is 2.79 bits per heavy atom. The number of pyridine rings is 2. The van der Waals surface area contributed by atoms with Crippen LogP contribution in [0.25, 0.3) is 22.3 Å². The van der Waals surface area contributed by atoms with Crippen molar-refractivity contribution >= 4 is 16.9 Å². The highest BCUT2D eigenvalue weighted by Gasteiger charge is 2.45. The van der Waals surface area contributed by atoms with Gasteiger partial charge < -0.3 is 14.4 Å². The molecule has 6 heteroatoms. The fraction of sp³-hybridized carbons (Fsp3) is 0.318. The largest absolute Gasteiger partial charge is 0.458 e. The lowest BCUT2D eigenvalue weighted by atomic mass is 9.86. The number of ether oxygens (including phenoxy) is 1. The summed E-state index contributed by atoms with van der Waals surface area (Å²) in [5.41, 5.74) is 3.10. The second-order valence-electron chi connectivity index (χ2n) is 7.48. The molecule has 1 N–H and O–H groups in total. The number of esters is 1. The summed E-state index contributed by atoms with van der Waals surface area (Å²) >= 11 is 0. The number of aliphatic hydroxyl groups is 1. The number of carbonyl (C=O) groups is 1. The van der Waals surface area contributed by atoms with E-state index in [2.05, 4.69) is 25.1 Å². The van der Waals surface area contributed by atoms with E-state index in [1.165, 1.54) is 5.56 Å². The third-order valence-electron chi connectivity index (χ3n) is 5.98. The van der Waals surface area contributed by atoms with Crippen LogP contribution in [-0.2, 0) is 34.7 Å². The zero-order chi connectivity index (χ0) is 19.6. The first-order chi connectivity index (χ1) is 13.5. The Balaban J connectivity index is 1.76. The van der Waals surface area contributed by atoms with E-state index in [1.807, 2.05) is 6.07 Å². The van der Waals surface area contributed by atoms with Crippen molar-refractivity contribution in [1.82, 2.24) is 9.55 Å². The van der Waals surface area contributed by atoms with Crippen molar-refractivity contribution in [3.05, 3.63) is 62.9 Å². The summed E-state index contributed by atoms with van der Waals surface area (Å²) in [6, 6.07) is 10.00. The molecular formula is C22H20N2O4. The maximum Gasteiger partial charge on any atom is 0.343 e. The third kappa shape index (κ3) is 2.15. The number of cyclic esters (lactones) is 1. The molecule has 3 aromatic rings. The van der Waals surface area contributed by atoms with Crippen molar-refractivity contribution in [2.24, 2.45) is 0 Å². The molecule has 5 rings (SSSR count). The lowest BCUT2D eigenvalue weighted by molar-refractivity contribution is -0.172. The molecule has 0 spiro atoms. The molecule has 0 fully saturated rings. The Kier molecular flexibility index (Phi) is 3.52. The Morgan fingerprint density at radius 1 is 1.21 bits per heavy atom. The van der Waals surface area contributed by atoms with Crippen molar-refractivity contribution in [3.8, 4) is 11.4 Å². The lowest BCUT2D eigenvalue weighted by Gasteiger charge is -2.31. The van der Waals surface area contributed by atoms with Crippen LogP contribution in [0, 0.1) is 0 Å². The second kappa shape index (κ2) is 5.75. The molecule has 0 saturated heterocycles. The number of benzene rings is 1. The number of hydrogen-bond donors (Lipinski definition) is 1. The number of hydrogen-bond acceptors (Lipinski definition) is 5. The molecule has 142 valence electrons. The number of aromatic nitrogens is 2. The average Bonchev–Trinajstić information content (AvgIpc) is 3.07. The minimum absolute atomic E-state index is 0.110. The van der Waals surface area contributed by atoms with Gasteiger partial charge in [-0.1, -0.05) is 19.9 Å². The van der Waals surface area contributed by atoms with E-state index in [-0.39, 0.29) is 18.6 Å². The smallest absolute Gasteiger partial charge is 0.343 e. The van der Waals surface area contributed by atoms with Gasteiger partial charge in [-0.2, -0.15) is 0 Å². The van der Waals surface area contributed by atoms with Crippen molar-refractivity contribution in [1.29, 1.82) is 0 Å². The van der Waals surface area contributed by atoms with Gasteiger partial charge in [0.05, 0.1) is 29.0 Å². The highest BCUT2D eigenvalue weighted by molar-refractivity contribution is 5.86. The van der Waals surface area contributed by atoms with Crippen molar-refractivity contribution in [2.75, 3.05) is 0 Å². The summed E-state index contributed by atoms with van der Waals surface area (Å²) < 4.78 is 6.76. The van der Waals surface area contributed by atoms with Gasteiger partial charge in [0.2, 0.25) is 0 Å². The first-order valence-electron chi connectivity index (χ1n) is 9.56. The normalized spacial score (nSPS) is 19.9. The van der Waals surface area contributed by atoms with E-state index in [0.29, 0.717) is 23.4 Å². The van der Waals surface area contributed by atoms with E-state index < -0.39 is 11.6 Å². The minimum atomic E-state index is -1.79. The molecule has 4 heterocycles. The second-order valence-corrected chi connectivity index (χ2v) is 7.48. The molecule has 2 aliphatic heterocycles. The lowest BCUT2D eigenvalue weighted by Crippen LogP contribution is -2.44. The number of fused-ring (bicyclic) bond motifs is 5. The van der Waals surface area contributed by atoms with Gasteiger partial charge in [-0.3, -0.25) is 4.79 Å². The monoisotopic (exact) mass is 376 g/mol. The molecular weight excluding hydrogens is 356 g/mol. The van der Waals surface area contributed by atoms with Gasteiger partial charge in [-0.05, 0) is 42.7 Å². The third-order valence-corrected chi connectivity index (χ3v) is 5.98. The van der Waals surface area contributed by atoms with Crippen LogP contribution in [0.5, 0.6) is 0 Å². The van der Waals surface area contributed by atoms with Crippen LogP contribution in [-0.4, -0.2) is 20.6 Å². The predicted octanol–water partition coefficient (Wildman–Crippen LogP) is 2.64. The molecule has 0 bridgehead atoms. The van der Waals surface area contributed by atoms with Gasteiger partial charge in [-0.15, -0.1) is 0 Å². The quantitative estimate of drug-likeness (QED) is 0.544. The molecule has 0 unspecified atom stereocenters. The van der Waals surface area contributed by atoms with Crippen LogP contribution in [0.1, 0.15) is 42.5 Å². The van der Waals surface area contributed by atoms with Gasteiger partial charge in [-0.25, -0.2) is 9.78 Å². The number of aryl methyl sites for hydroxylation is 1. The fourth-order valence-corrected chi connectivity index (χ4v) is 4.26. The van der Waals surface area contributed by atoms with Crippen LogP contribution in [0.3, 0.4) is 0 Å². The molecule has 28 heavy (non-hydrogen) atoms. The average molecular weight is 376 g/mol. The molecule has 2 aromatic heterocycles. The topological polar surface area (TPSA) is 81.4 Å². The van der Waals surface area contributed by atoms with Crippen LogP contribution in [0.2, 0.25) is 0 Å². The molecule has 2 aliphatic rings. The molecule has 6 nitrogen and oxygen atoms in total. The van der Waals surface area contributed by atoms with Crippen LogP contribution in [0.15, 0.2) is 35.1 Å². The highest BCUT2D eigenvalue weighted by atomic mass is 16.6. The van der Waals surface area contributed by atoms with Crippen LogP contribution < -0.4 is 5.56 Å². The summed E-state index contributed by atoms with van der Waals surface area (Å²) in [6.45, 7) is 4.13. The summed E-state index contributed by atoms with van der Waals surface area (Å²) in [5, 5.41) is 11.9. The van der Waals surface area contributed by atoms with Crippen molar-refractivity contribution in [2.45, 2.75) is 45.4 Å². The van der Waals surface area contributed by atoms with Gasteiger partial charge in [0, 0.05) is 16.5 Å². The molecule has 0 saturated carbocycles. The minimum Gasteiger partial charge on any atom is -0.458 e. The predicted molar refractivity (Wildman–Crippen MR) is 104 cm³/mol. The van der Waals surface area contributed by atoms with E-state index in [0.717, 1.165) is 28.6 Å². The SMILES string of the molecule is CCc1ccc2nc3c(cc2c1)Cn1c-3cc2c(c1=O)COC(=O)[C@]2(O)CC. The standard InChI is InChI=1S/C22H20N2O4/c1-3-12-5-6-17-13(7-12)8-14-10-24-18(19(14)23-17)9-16-15(20(24)25)11-28-21(26)22(16,27)4-2/h5-9,27H,3-4,10-11H2,1-2H3/t22-/m0/s1. The van der Waals surface area contributed by atoms with Gasteiger partial charge in [0.15, 0.2) is 5.60 Å². The van der Waals surface area contributed by atoms with Crippen LogP contribution >= 0.6 is 0 Å². The zero-order valence-corrected chi connectivity index (χ0v) is 15.8. The van der Waals surface area contributed by atoms with E-state index >= 15 is 0 Å². The summed E-state index contributed by atoms with van der Waals surface area (Å²) in [5.74, 6) is -0.705. The Hall–Kier alpha value is -2.99.